The molecule has 0 bridgehead atoms. The molecule has 1 aromatic rings. The molecule has 1 rings (SSSR count). The largest absolute Gasteiger partial charge is 0.453 e. The molecule has 3 nitrogen and oxygen atoms in total. The summed E-state index contributed by atoms with van der Waals surface area (Å²) in [5, 5.41) is 9.39. The van der Waals surface area contributed by atoms with E-state index in [0.29, 0.717) is 16.9 Å². The zero-order chi connectivity index (χ0) is 9.14. The predicted molar refractivity (Wildman–Crippen MR) is 49.6 cm³/mol. The van der Waals surface area contributed by atoms with E-state index in [2.05, 4.69) is 15.9 Å². The van der Waals surface area contributed by atoms with Crippen molar-refractivity contribution in [3.8, 4) is 0 Å². The average Bonchev–Trinajstić information content (AvgIpc) is 2.49. The summed E-state index contributed by atoms with van der Waals surface area (Å²) < 4.78 is 5.84. The first kappa shape index (κ1) is 9.77. The number of nitrogens with two attached hydrogens (primary N) is 1. The van der Waals surface area contributed by atoms with Crippen molar-refractivity contribution >= 4 is 15.9 Å². The first-order chi connectivity index (χ1) is 5.65. The van der Waals surface area contributed by atoms with E-state index in [9.17, 15) is 5.11 Å². The van der Waals surface area contributed by atoms with Crippen molar-refractivity contribution in [1.82, 2.24) is 0 Å². The fourth-order valence-corrected chi connectivity index (χ4v) is 1.27. The summed E-state index contributed by atoms with van der Waals surface area (Å²) in [5.74, 6) is 0.608. The molecule has 4 heteroatoms. The summed E-state index contributed by atoms with van der Waals surface area (Å²) >= 11 is 3.17. The lowest BCUT2D eigenvalue weighted by Gasteiger charge is -2.13. The van der Waals surface area contributed by atoms with E-state index in [-0.39, 0.29) is 0 Å². The van der Waals surface area contributed by atoms with E-state index in [1.165, 1.54) is 0 Å². The van der Waals surface area contributed by atoms with Gasteiger partial charge in [0.25, 0.3) is 0 Å². The number of halogens is 1. The van der Waals surface area contributed by atoms with Gasteiger partial charge in [-0.2, -0.15) is 0 Å². The lowest BCUT2D eigenvalue weighted by Crippen LogP contribution is -2.24. The van der Waals surface area contributed by atoms with Crippen LogP contribution in [0.15, 0.2) is 21.2 Å². The summed E-state index contributed by atoms with van der Waals surface area (Å²) in [6.07, 6.45) is 0.0856. The van der Waals surface area contributed by atoms with Gasteiger partial charge in [0, 0.05) is 0 Å². The van der Waals surface area contributed by atoms with Gasteiger partial charge < -0.3 is 15.3 Å². The Morgan fingerprint density at radius 3 is 2.75 bits per heavy atom. The highest BCUT2D eigenvalue weighted by Crippen LogP contribution is 2.21. The minimum Gasteiger partial charge on any atom is -0.453 e. The molecule has 0 saturated heterocycles. The normalized spacial score (nSPS) is 16.0. The lowest BCUT2D eigenvalue weighted by atomic mass is 10.1. The Labute approximate surface area is 79.7 Å². The molecule has 2 unspecified atom stereocenters. The van der Waals surface area contributed by atoms with Crippen LogP contribution in [0.1, 0.15) is 25.1 Å². The highest BCUT2D eigenvalue weighted by molar-refractivity contribution is 9.10. The zero-order valence-electron chi connectivity index (χ0n) is 6.83. The third kappa shape index (κ3) is 2.09. The fourth-order valence-electron chi connectivity index (χ4n) is 0.951. The van der Waals surface area contributed by atoms with Crippen LogP contribution in [-0.4, -0.2) is 11.2 Å². The number of hydrogen-bond acceptors (Lipinski definition) is 3. The molecule has 0 aromatic carbocycles. The van der Waals surface area contributed by atoms with Crippen LogP contribution in [0.2, 0.25) is 0 Å². The van der Waals surface area contributed by atoms with Gasteiger partial charge in [0.15, 0.2) is 4.67 Å². The number of rotatable bonds is 3. The third-order valence-electron chi connectivity index (χ3n) is 1.76. The molecule has 3 N–H and O–H groups in total. The van der Waals surface area contributed by atoms with E-state index in [4.69, 9.17) is 10.2 Å². The highest BCUT2D eigenvalue weighted by atomic mass is 79.9. The van der Waals surface area contributed by atoms with Crippen LogP contribution in [0.5, 0.6) is 0 Å². The second-order valence-electron chi connectivity index (χ2n) is 2.64. The molecule has 1 aromatic heterocycles. The zero-order valence-corrected chi connectivity index (χ0v) is 8.41. The monoisotopic (exact) mass is 233 g/mol. The van der Waals surface area contributed by atoms with Crippen molar-refractivity contribution in [2.45, 2.75) is 25.5 Å². The Hall–Kier alpha value is -0.320. The van der Waals surface area contributed by atoms with E-state index in [1.54, 1.807) is 12.1 Å². The maximum atomic E-state index is 9.39. The minimum absolute atomic E-state index is 0.429. The van der Waals surface area contributed by atoms with Gasteiger partial charge in [-0.05, 0) is 34.5 Å². The smallest absolute Gasteiger partial charge is 0.169 e. The SMILES string of the molecule is CCC(O)C(N)c1ccc(Br)o1. The van der Waals surface area contributed by atoms with E-state index in [0.717, 1.165) is 0 Å². The summed E-state index contributed by atoms with van der Waals surface area (Å²) in [4.78, 5) is 0. The third-order valence-corrected chi connectivity index (χ3v) is 2.18. The Morgan fingerprint density at radius 2 is 2.33 bits per heavy atom. The van der Waals surface area contributed by atoms with E-state index >= 15 is 0 Å². The van der Waals surface area contributed by atoms with Gasteiger partial charge in [-0.1, -0.05) is 6.92 Å². The maximum absolute atomic E-state index is 9.39. The molecule has 0 aliphatic rings. The maximum Gasteiger partial charge on any atom is 0.169 e. The van der Waals surface area contributed by atoms with Gasteiger partial charge in [0.2, 0.25) is 0 Å². The van der Waals surface area contributed by atoms with Crippen molar-refractivity contribution in [1.29, 1.82) is 0 Å². The number of aliphatic hydroxyl groups excluding tert-OH is 1. The van der Waals surface area contributed by atoms with Crippen LogP contribution in [0, 0.1) is 0 Å². The summed E-state index contributed by atoms with van der Waals surface area (Å²) in [5.41, 5.74) is 5.70. The first-order valence-electron chi connectivity index (χ1n) is 3.84. The van der Waals surface area contributed by atoms with Crippen LogP contribution >= 0.6 is 15.9 Å². The minimum atomic E-state index is -0.539. The highest BCUT2D eigenvalue weighted by Gasteiger charge is 2.17. The molecule has 12 heavy (non-hydrogen) atoms. The van der Waals surface area contributed by atoms with Gasteiger partial charge >= 0.3 is 0 Å². The van der Waals surface area contributed by atoms with Gasteiger partial charge in [-0.3, -0.25) is 0 Å². The van der Waals surface area contributed by atoms with Crippen LogP contribution in [0.4, 0.5) is 0 Å². The van der Waals surface area contributed by atoms with Crippen LogP contribution in [-0.2, 0) is 0 Å². The Bertz CT molecular complexity index is 249. The van der Waals surface area contributed by atoms with E-state index < -0.39 is 12.1 Å². The standard InChI is InChI=1S/C8H12BrNO2/c1-2-5(11)8(10)6-3-4-7(9)12-6/h3-5,8,11H,2,10H2,1H3. The Kier molecular flexibility index (Phi) is 3.31. The molecule has 2 atom stereocenters. The van der Waals surface area contributed by atoms with Gasteiger partial charge in [0.05, 0.1) is 12.1 Å². The molecule has 0 aliphatic heterocycles. The number of furan rings is 1. The van der Waals surface area contributed by atoms with Gasteiger partial charge in [0.1, 0.15) is 5.76 Å². The van der Waals surface area contributed by atoms with Crippen LogP contribution in [0.25, 0.3) is 0 Å². The number of hydrogen-bond donors (Lipinski definition) is 2. The summed E-state index contributed by atoms with van der Waals surface area (Å²) in [6, 6.07) is 3.09. The molecule has 68 valence electrons. The molecular weight excluding hydrogens is 222 g/mol. The topological polar surface area (TPSA) is 59.4 Å². The quantitative estimate of drug-likeness (QED) is 0.838. The molecule has 0 amide bonds. The predicted octanol–water partition coefficient (Wildman–Crippen LogP) is 1.81. The molecule has 0 fully saturated rings. The molecule has 1 heterocycles. The van der Waals surface area contributed by atoms with Crippen molar-refractivity contribution in [3.05, 3.63) is 22.6 Å². The van der Waals surface area contributed by atoms with Crippen molar-refractivity contribution in [2.75, 3.05) is 0 Å². The van der Waals surface area contributed by atoms with Crippen LogP contribution < -0.4 is 5.73 Å². The second kappa shape index (κ2) is 4.07. The summed E-state index contributed by atoms with van der Waals surface area (Å²) in [7, 11) is 0. The molecule has 0 aliphatic carbocycles. The Balaban J connectivity index is 2.70. The van der Waals surface area contributed by atoms with Crippen molar-refractivity contribution in [3.63, 3.8) is 0 Å². The average molecular weight is 234 g/mol. The van der Waals surface area contributed by atoms with Crippen LogP contribution in [0.3, 0.4) is 0 Å². The fraction of sp³-hybridized carbons (Fsp3) is 0.500. The summed E-state index contributed by atoms with van der Waals surface area (Å²) in [6.45, 7) is 1.88. The second-order valence-corrected chi connectivity index (χ2v) is 3.42. The molecule has 0 spiro atoms. The van der Waals surface area contributed by atoms with Gasteiger partial charge in [-0.15, -0.1) is 0 Å². The lowest BCUT2D eigenvalue weighted by molar-refractivity contribution is 0.130. The molecular formula is C8H12BrNO2. The van der Waals surface area contributed by atoms with E-state index in [1.807, 2.05) is 6.92 Å². The van der Waals surface area contributed by atoms with Gasteiger partial charge in [-0.25, -0.2) is 0 Å². The molecule has 0 saturated carbocycles. The Morgan fingerprint density at radius 1 is 1.67 bits per heavy atom. The molecule has 0 radical (unpaired) electrons. The first-order valence-corrected chi connectivity index (χ1v) is 4.63. The van der Waals surface area contributed by atoms with Crippen molar-refractivity contribution < 1.29 is 9.52 Å². The number of aliphatic hydroxyl groups is 1. The van der Waals surface area contributed by atoms with Crippen molar-refractivity contribution in [2.24, 2.45) is 5.73 Å².